The van der Waals surface area contributed by atoms with Crippen LogP contribution in [0.25, 0.3) is 0 Å². The molecule has 2 aromatic carbocycles. The topological polar surface area (TPSA) is 12.0 Å². The molecule has 1 heteroatoms. The Morgan fingerprint density at radius 1 is 0.944 bits per heavy atom. The number of rotatable bonds is 4. The van der Waals surface area contributed by atoms with Gasteiger partial charge >= 0.3 is 0 Å². The molecule has 0 aliphatic heterocycles. The highest BCUT2D eigenvalue weighted by Gasteiger charge is 2.05. The van der Waals surface area contributed by atoms with E-state index >= 15 is 0 Å². The lowest BCUT2D eigenvalue weighted by Crippen LogP contribution is -2.04. The Hall–Kier alpha value is -1.76. The summed E-state index contributed by atoms with van der Waals surface area (Å²) in [5, 5.41) is 3.55. The van der Waals surface area contributed by atoms with Crippen molar-refractivity contribution >= 4 is 5.69 Å². The highest BCUT2D eigenvalue weighted by molar-refractivity contribution is 5.53. The summed E-state index contributed by atoms with van der Waals surface area (Å²) < 4.78 is 0. The molecule has 0 heterocycles. The SMILES string of the molecule is Cc1ccccc1CNc1ccccc1C(C)C. The van der Waals surface area contributed by atoms with Gasteiger partial charge in [-0.2, -0.15) is 0 Å². The molecule has 1 N–H and O–H groups in total. The van der Waals surface area contributed by atoms with Crippen molar-refractivity contribution in [3.63, 3.8) is 0 Å². The van der Waals surface area contributed by atoms with E-state index in [1.54, 1.807) is 0 Å². The number of aryl methyl sites for hydroxylation is 1. The van der Waals surface area contributed by atoms with Crippen LogP contribution >= 0.6 is 0 Å². The van der Waals surface area contributed by atoms with Crippen molar-refractivity contribution in [1.29, 1.82) is 0 Å². The Balaban J connectivity index is 2.14. The van der Waals surface area contributed by atoms with E-state index in [4.69, 9.17) is 0 Å². The second kappa shape index (κ2) is 5.72. The van der Waals surface area contributed by atoms with E-state index in [0.717, 1.165) is 6.54 Å². The summed E-state index contributed by atoms with van der Waals surface area (Å²) in [6, 6.07) is 17.1. The van der Waals surface area contributed by atoms with E-state index < -0.39 is 0 Å². The van der Waals surface area contributed by atoms with E-state index in [9.17, 15) is 0 Å². The Morgan fingerprint density at radius 2 is 1.61 bits per heavy atom. The first-order chi connectivity index (χ1) is 8.68. The van der Waals surface area contributed by atoms with E-state index in [-0.39, 0.29) is 0 Å². The molecule has 2 aromatic rings. The van der Waals surface area contributed by atoms with E-state index in [0.29, 0.717) is 5.92 Å². The van der Waals surface area contributed by atoms with Crippen molar-refractivity contribution in [1.82, 2.24) is 0 Å². The fourth-order valence-electron chi connectivity index (χ4n) is 2.16. The predicted molar refractivity (Wildman–Crippen MR) is 79.0 cm³/mol. The molecule has 0 aliphatic carbocycles. The molecule has 0 aliphatic rings. The first kappa shape index (κ1) is 12.7. The summed E-state index contributed by atoms with van der Waals surface area (Å²) in [5.41, 5.74) is 5.32. The lowest BCUT2D eigenvalue weighted by molar-refractivity contribution is 0.865. The molecular formula is C17H21N. The molecule has 0 saturated heterocycles. The molecule has 0 amide bonds. The lowest BCUT2D eigenvalue weighted by Gasteiger charge is -2.15. The minimum absolute atomic E-state index is 0.547. The first-order valence-electron chi connectivity index (χ1n) is 6.56. The van der Waals surface area contributed by atoms with Crippen LogP contribution in [-0.2, 0) is 6.54 Å². The summed E-state index contributed by atoms with van der Waals surface area (Å²) >= 11 is 0. The van der Waals surface area contributed by atoms with Crippen LogP contribution in [0.5, 0.6) is 0 Å². The molecule has 0 radical (unpaired) electrons. The quantitative estimate of drug-likeness (QED) is 0.813. The average molecular weight is 239 g/mol. The van der Waals surface area contributed by atoms with Crippen molar-refractivity contribution in [2.75, 3.05) is 5.32 Å². The molecule has 18 heavy (non-hydrogen) atoms. The summed E-state index contributed by atoms with van der Waals surface area (Å²) in [5.74, 6) is 0.547. The predicted octanol–water partition coefficient (Wildman–Crippen LogP) is 4.73. The van der Waals surface area contributed by atoms with Crippen LogP contribution in [0.2, 0.25) is 0 Å². The summed E-state index contributed by atoms with van der Waals surface area (Å²) in [6.07, 6.45) is 0. The molecule has 94 valence electrons. The Morgan fingerprint density at radius 3 is 2.33 bits per heavy atom. The second-order valence-electron chi connectivity index (χ2n) is 5.02. The number of hydrogen-bond donors (Lipinski definition) is 1. The minimum atomic E-state index is 0.547. The maximum atomic E-state index is 3.55. The lowest BCUT2D eigenvalue weighted by atomic mass is 10.0. The van der Waals surface area contributed by atoms with Gasteiger partial charge in [-0.25, -0.2) is 0 Å². The third-order valence-corrected chi connectivity index (χ3v) is 3.31. The number of nitrogens with one attached hydrogen (secondary N) is 1. The Bertz CT molecular complexity index is 515. The summed E-state index contributed by atoms with van der Waals surface area (Å²) in [7, 11) is 0. The highest BCUT2D eigenvalue weighted by atomic mass is 14.9. The monoisotopic (exact) mass is 239 g/mol. The maximum Gasteiger partial charge on any atom is 0.0403 e. The number of anilines is 1. The second-order valence-corrected chi connectivity index (χ2v) is 5.02. The van der Waals surface area contributed by atoms with Crippen LogP contribution in [0, 0.1) is 6.92 Å². The Kier molecular flexibility index (Phi) is 4.03. The zero-order valence-corrected chi connectivity index (χ0v) is 11.4. The van der Waals surface area contributed by atoms with E-state index in [1.165, 1.54) is 22.4 Å². The standard InChI is InChI=1S/C17H21N/c1-13(2)16-10-6-7-11-17(16)18-12-15-9-5-4-8-14(15)3/h4-11,13,18H,12H2,1-3H3. The zero-order valence-electron chi connectivity index (χ0n) is 11.4. The van der Waals surface area contributed by atoms with Crippen LogP contribution in [0.3, 0.4) is 0 Å². The zero-order chi connectivity index (χ0) is 13.0. The van der Waals surface area contributed by atoms with Gasteiger partial charge in [-0.3, -0.25) is 0 Å². The third-order valence-electron chi connectivity index (χ3n) is 3.31. The van der Waals surface area contributed by atoms with Crippen molar-refractivity contribution in [3.8, 4) is 0 Å². The molecule has 0 unspecified atom stereocenters. The normalized spacial score (nSPS) is 10.7. The van der Waals surface area contributed by atoms with Gasteiger partial charge in [-0.05, 0) is 35.6 Å². The van der Waals surface area contributed by atoms with Crippen LogP contribution in [0.15, 0.2) is 48.5 Å². The smallest absolute Gasteiger partial charge is 0.0403 e. The van der Waals surface area contributed by atoms with Gasteiger partial charge in [0.05, 0.1) is 0 Å². The van der Waals surface area contributed by atoms with Crippen molar-refractivity contribution < 1.29 is 0 Å². The number of benzene rings is 2. The van der Waals surface area contributed by atoms with Crippen LogP contribution in [-0.4, -0.2) is 0 Å². The van der Waals surface area contributed by atoms with Crippen LogP contribution < -0.4 is 5.32 Å². The fraction of sp³-hybridized carbons (Fsp3) is 0.294. The van der Waals surface area contributed by atoms with Gasteiger partial charge < -0.3 is 5.32 Å². The van der Waals surface area contributed by atoms with Gasteiger partial charge in [-0.15, -0.1) is 0 Å². The molecule has 1 nitrogen and oxygen atoms in total. The molecule has 0 bridgehead atoms. The number of hydrogen-bond acceptors (Lipinski definition) is 1. The number of para-hydroxylation sites is 1. The summed E-state index contributed by atoms with van der Waals surface area (Å²) in [6.45, 7) is 7.50. The average Bonchev–Trinajstić information content (AvgIpc) is 2.38. The van der Waals surface area contributed by atoms with Crippen molar-refractivity contribution in [3.05, 3.63) is 65.2 Å². The van der Waals surface area contributed by atoms with Gasteiger partial charge in [-0.1, -0.05) is 56.3 Å². The van der Waals surface area contributed by atoms with Crippen LogP contribution in [0.4, 0.5) is 5.69 Å². The third kappa shape index (κ3) is 2.92. The molecule has 0 aromatic heterocycles. The fourth-order valence-corrected chi connectivity index (χ4v) is 2.16. The van der Waals surface area contributed by atoms with Gasteiger partial charge in [0.1, 0.15) is 0 Å². The molecule has 0 spiro atoms. The molecule has 0 saturated carbocycles. The summed E-state index contributed by atoms with van der Waals surface area (Å²) in [4.78, 5) is 0. The van der Waals surface area contributed by atoms with Gasteiger partial charge in [0.15, 0.2) is 0 Å². The van der Waals surface area contributed by atoms with Gasteiger partial charge in [0.25, 0.3) is 0 Å². The Labute approximate surface area is 110 Å². The van der Waals surface area contributed by atoms with Gasteiger partial charge in [0.2, 0.25) is 0 Å². The molecule has 0 atom stereocenters. The molecular weight excluding hydrogens is 218 g/mol. The van der Waals surface area contributed by atoms with Crippen molar-refractivity contribution in [2.24, 2.45) is 0 Å². The van der Waals surface area contributed by atoms with Crippen molar-refractivity contribution in [2.45, 2.75) is 33.2 Å². The minimum Gasteiger partial charge on any atom is -0.381 e. The van der Waals surface area contributed by atoms with Crippen LogP contribution in [0.1, 0.15) is 36.5 Å². The van der Waals surface area contributed by atoms with Gasteiger partial charge in [0, 0.05) is 12.2 Å². The van der Waals surface area contributed by atoms with E-state index in [1.807, 2.05) is 0 Å². The maximum absolute atomic E-state index is 3.55. The van der Waals surface area contributed by atoms with E-state index in [2.05, 4.69) is 74.6 Å². The molecule has 0 fully saturated rings. The molecule has 2 rings (SSSR count). The first-order valence-corrected chi connectivity index (χ1v) is 6.56. The largest absolute Gasteiger partial charge is 0.381 e. The highest BCUT2D eigenvalue weighted by Crippen LogP contribution is 2.24.